The molecule has 5 nitrogen and oxygen atoms in total. The van der Waals surface area contributed by atoms with Crippen molar-refractivity contribution in [2.75, 3.05) is 6.61 Å². The van der Waals surface area contributed by atoms with E-state index >= 15 is 0 Å². The third-order valence-electron chi connectivity index (χ3n) is 4.77. The fourth-order valence-corrected chi connectivity index (χ4v) is 3.29. The van der Waals surface area contributed by atoms with Gasteiger partial charge >= 0.3 is 5.97 Å². The van der Waals surface area contributed by atoms with Crippen molar-refractivity contribution in [2.24, 2.45) is 0 Å². The molecule has 0 aliphatic rings. The van der Waals surface area contributed by atoms with E-state index in [9.17, 15) is 4.79 Å². The van der Waals surface area contributed by atoms with Gasteiger partial charge in [0.1, 0.15) is 17.0 Å². The van der Waals surface area contributed by atoms with E-state index < -0.39 is 5.97 Å². The van der Waals surface area contributed by atoms with Gasteiger partial charge in [0.2, 0.25) is 0 Å². The molecular weight excluding hydrogens is 388 g/mol. The number of esters is 1. The van der Waals surface area contributed by atoms with Crippen LogP contribution in [0, 0.1) is 6.92 Å². The van der Waals surface area contributed by atoms with E-state index in [1.54, 1.807) is 6.92 Å². The molecule has 0 aliphatic heterocycles. The Morgan fingerprint density at radius 1 is 0.806 bits per heavy atom. The minimum Gasteiger partial charge on any atom is -0.462 e. The molecule has 4 rings (SSSR count). The molecule has 31 heavy (non-hydrogen) atoms. The number of hydrogen-bond donors (Lipinski definition) is 0. The Hall–Kier alpha value is -3.99. The first-order valence-corrected chi connectivity index (χ1v) is 10.1. The van der Waals surface area contributed by atoms with Crippen molar-refractivity contribution < 1.29 is 14.3 Å². The summed E-state index contributed by atoms with van der Waals surface area (Å²) in [5, 5.41) is 8.75. The predicted octanol–water partition coefficient (Wildman–Crippen LogP) is 6.09. The summed E-state index contributed by atoms with van der Waals surface area (Å²) in [6.45, 7) is 4.00. The van der Waals surface area contributed by atoms with Gasteiger partial charge < -0.3 is 9.47 Å². The van der Waals surface area contributed by atoms with Crippen LogP contribution in [-0.4, -0.2) is 22.8 Å². The predicted molar refractivity (Wildman–Crippen MR) is 120 cm³/mol. The van der Waals surface area contributed by atoms with Gasteiger partial charge in [0.05, 0.1) is 6.61 Å². The Bertz CT molecular complexity index is 1170. The molecule has 0 saturated heterocycles. The van der Waals surface area contributed by atoms with Crippen molar-refractivity contribution in [1.29, 1.82) is 0 Å². The summed E-state index contributed by atoms with van der Waals surface area (Å²) >= 11 is 0. The first kappa shape index (κ1) is 20.3. The van der Waals surface area contributed by atoms with Gasteiger partial charge in [-0.1, -0.05) is 78.4 Å². The van der Waals surface area contributed by atoms with E-state index in [0.717, 1.165) is 16.7 Å². The summed E-state index contributed by atoms with van der Waals surface area (Å²) in [5.74, 6) is 0.174. The van der Waals surface area contributed by atoms with Crippen LogP contribution in [0.1, 0.15) is 22.8 Å². The van der Waals surface area contributed by atoms with Crippen LogP contribution in [0.4, 0.5) is 0 Å². The lowest BCUT2D eigenvalue weighted by atomic mass is 9.95. The maximum absolute atomic E-state index is 13.1. The molecular formula is C26H22N2O3. The quantitative estimate of drug-likeness (QED) is 0.360. The third-order valence-corrected chi connectivity index (χ3v) is 4.77. The van der Waals surface area contributed by atoms with Gasteiger partial charge in [0.15, 0.2) is 0 Å². The zero-order chi connectivity index (χ0) is 21.6. The second-order valence-electron chi connectivity index (χ2n) is 6.97. The van der Waals surface area contributed by atoms with Crippen molar-refractivity contribution >= 4 is 5.97 Å². The van der Waals surface area contributed by atoms with Crippen LogP contribution in [0.25, 0.3) is 22.4 Å². The highest BCUT2D eigenvalue weighted by atomic mass is 16.5. The molecule has 0 spiro atoms. The van der Waals surface area contributed by atoms with Gasteiger partial charge in [0.25, 0.3) is 5.88 Å². The highest BCUT2D eigenvalue weighted by Gasteiger charge is 2.27. The Balaban J connectivity index is 1.96. The summed E-state index contributed by atoms with van der Waals surface area (Å²) < 4.78 is 11.4. The minimum atomic E-state index is -0.504. The number of carbonyl (C=O) groups excluding carboxylic acids is 1. The number of aryl methyl sites for hydroxylation is 1. The average Bonchev–Trinajstić information content (AvgIpc) is 2.81. The second-order valence-corrected chi connectivity index (χ2v) is 6.97. The third kappa shape index (κ3) is 4.46. The van der Waals surface area contributed by atoms with Gasteiger partial charge in [-0.25, -0.2) is 4.79 Å². The Morgan fingerprint density at radius 3 is 2.03 bits per heavy atom. The fraction of sp³-hybridized carbons (Fsp3) is 0.115. The number of benzene rings is 3. The van der Waals surface area contributed by atoms with Crippen molar-refractivity contribution in [3.8, 4) is 34.0 Å². The molecule has 0 radical (unpaired) electrons. The molecule has 0 atom stereocenters. The zero-order valence-corrected chi connectivity index (χ0v) is 17.4. The summed E-state index contributed by atoms with van der Waals surface area (Å²) in [4.78, 5) is 13.1. The van der Waals surface area contributed by atoms with E-state index in [4.69, 9.17) is 9.47 Å². The molecule has 0 unspecified atom stereocenters. The Kier molecular flexibility index (Phi) is 6.03. The topological polar surface area (TPSA) is 61.3 Å². The monoisotopic (exact) mass is 410 g/mol. The van der Waals surface area contributed by atoms with Crippen molar-refractivity contribution in [3.63, 3.8) is 0 Å². The Labute approximate surface area is 181 Å². The molecule has 0 bridgehead atoms. The van der Waals surface area contributed by atoms with Crippen molar-refractivity contribution in [3.05, 3.63) is 96.1 Å². The van der Waals surface area contributed by atoms with E-state index in [1.165, 1.54) is 0 Å². The van der Waals surface area contributed by atoms with E-state index in [0.29, 0.717) is 17.0 Å². The van der Waals surface area contributed by atoms with Crippen molar-refractivity contribution in [2.45, 2.75) is 13.8 Å². The normalized spacial score (nSPS) is 10.5. The lowest BCUT2D eigenvalue weighted by Gasteiger charge is -2.16. The molecule has 0 saturated carbocycles. The van der Waals surface area contributed by atoms with Gasteiger partial charge in [0, 0.05) is 11.1 Å². The molecule has 1 aromatic heterocycles. The molecule has 0 aliphatic carbocycles. The second kappa shape index (κ2) is 9.22. The van der Waals surface area contributed by atoms with Crippen LogP contribution in [0.15, 0.2) is 84.9 Å². The standard InChI is InChI=1S/C26H22N2O3/c1-3-30-26(29)23-22(19-10-6-4-7-11-19)24(20-12-8-5-9-13-20)27-28-25(23)31-21-16-14-18(2)15-17-21/h4-17H,3H2,1-2H3. The van der Waals surface area contributed by atoms with Crippen LogP contribution < -0.4 is 4.74 Å². The summed E-state index contributed by atoms with van der Waals surface area (Å²) in [6.07, 6.45) is 0. The number of ether oxygens (including phenoxy) is 2. The first-order valence-electron chi connectivity index (χ1n) is 10.1. The van der Waals surface area contributed by atoms with Crippen LogP contribution in [0.3, 0.4) is 0 Å². The SMILES string of the molecule is CCOC(=O)c1c(Oc2ccc(C)cc2)nnc(-c2ccccc2)c1-c1ccccc1. The molecule has 0 N–H and O–H groups in total. The summed E-state index contributed by atoms with van der Waals surface area (Å²) in [7, 11) is 0. The lowest BCUT2D eigenvalue weighted by Crippen LogP contribution is -2.12. The van der Waals surface area contributed by atoms with Gasteiger partial charge in [-0.2, -0.15) is 0 Å². The van der Waals surface area contributed by atoms with Crippen LogP contribution in [-0.2, 0) is 4.74 Å². The average molecular weight is 410 g/mol. The van der Waals surface area contributed by atoms with Crippen LogP contribution in [0.2, 0.25) is 0 Å². The minimum absolute atomic E-state index is 0.112. The molecule has 154 valence electrons. The maximum Gasteiger partial charge on any atom is 0.344 e. The first-order chi connectivity index (χ1) is 15.2. The molecule has 1 heterocycles. The number of hydrogen-bond acceptors (Lipinski definition) is 5. The molecule has 5 heteroatoms. The van der Waals surface area contributed by atoms with Gasteiger partial charge in [-0.15, -0.1) is 10.2 Å². The number of aromatic nitrogens is 2. The zero-order valence-electron chi connectivity index (χ0n) is 17.4. The lowest BCUT2D eigenvalue weighted by molar-refractivity contribution is 0.0523. The number of rotatable bonds is 6. The number of carbonyl (C=O) groups is 1. The smallest absolute Gasteiger partial charge is 0.344 e. The highest BCUT2D eigenvalue weighted by Crippen LogP contribution is 2.38. The van der Waals surface area contributed by atoms with E-state index in [2.05, 4.69) is 10.2 Å². The molecule has 0 fully saturated rings. The summed E-state index contributed by atoms with van der Waals surface area (Å²) in [5.41, 5.74) is 4.25. The van der Waals surface area contributed by atoms with E-state index in [-0.39, 0.29) is 18.1 Å². The van der Waals surface area contributed by atoms with Gasteiger partial charge in [-0.05, 0) is 31.5 Å². The maximum atomic E-state index is 13.1. The van der Waals surface area contributed by atoms with Gasteiger partial charge in [-0.3, -0.25) is 0 Å². The number of nitrogens with zero attached hydrogens (tertiary/aromatic N) is 2. The highest BCUT2D eigenvalue weighted by molar-refractivity contribution is 6.03. The summed E-state index contributed by atoms with van der Waals surface area (Å²) in [6, 6.07) is 26.8. The molecule has 3 aromatic carbocycles. The van der Waals surface area contributed by atoms with E-state index in [1.807, 2.05) is 91.9 Å². The Morgan fingerprint density at radius 2 is 1.42 bits per heavy atom. The van der Waals surface area contributed by atoms with Crippen molar-refractivity contribution in [1.82, 2.24) is 10.2 Å². The van der Waals surface area contributed by atoms with Crippen LogP contribution >= 0.6 is 0 Å². The fourth-order valence-electron chi connectivity index (χ4n) is 3.29. The largest absolute Gasteiger partial charge is 0.462 e. The molecule has 4 aromatic rings. The molecule has 0 amide bonds. The van der Waals surface area contributed by atoms with Crippen LogP contribution in [0.5, 0.6) is 11.6 Å².